The number of hydrogen-bond donors (Lipinski definition) is 2. The van der Waals surface area contributed by atoms with E-state index in [1.807, 2.05) is 24.3 Å². The molecule has 0 spiro atoms. The van der Waals surface area contributed by atoms with Gasteiger partial charge in [-0.2, -0.15) is 0 Å². The number of amides is 1. The van der Waals surface area contributed by atoms with E-state index in [2.05, 4.69) is 26.1 Å². The Labute approximate surface area is 125 Å². The number of ether oxygens (including phenoxy) is 1. The lowest BCUT2D eigenvalue weighted by Crippen LogP contribution is -2.40. The number of carbonyl (C=O) groups excluding carboxylic acids is 1. The van der Waals surface area contributed by atoms with Crippen molar-refractivity contribution in [3.63, 3.8) is 0 Å². The van der Waals surface area contributed by atoms with Gasteiger partial charge in [-0.3, -0.25) is 9.59 Å². The topological polar surface area (TPSA) is 75.6 Å². The largest absolute Gasteiger partial charge is 0.484 e. The van der Waals surface area contributed by atoms with Crippen molar-refractivity contribution in [3.05, 3.63) is 29.8 Å². The van der Waals surface area contributed by atoms with Crippen molar-refractivity contribution in [1.29, 1.82) is 0 Å². The standard InChI is InChI=1S/C16H23NO4/c1-5-16(3,4)12-6-8-13(9-7-12)21-10-14(18)17-11(2)15(19)20/h6-9,11H,5,10H2,1-4H3,(H,17,18)(H,19,20)/t11-/m0/s1. The van der Waals surface area contributed by atoms with Crippen LogP contribution in [0.1, 0.15) is 39.7 Å². The molecule has 5 nitrogen and oxygen atoms in total. The molecule has 1 amide bonds. The zero-order valence-corrected chi connectivity index (χ0v) is 13.0. The van der Waals surface area contributed by atoms with Crippen molar-refractivity contribution in [1.82, 2.24) is 5.32 Å². The SMILES string of the molecule is CCC(C)(C)c1ccc(OCC(=O)N[C@@H](C)C(=O)O)cc1. The van der Waals surface area contributed by atoms with Gasteiger partial charge in [0.1, 0.15) is 11.8 Å². The highest BCUT2D eigenvalue weighted by molar-refractivity contribution is 5.84. The van der Waals surface area contributed by atoms with Crippen LogP contribution in [-0.4, -0.2) is 29.6 Å². The van der Waals surface area contributed by atoms with Gasteiger partial charge in [0.05, 0.1) is 0 Å². The molecule has 21 heavy (non-hydrogen) atoms. The molecule has 1 atom stereocenters. The molecular weight excluding hydrogens is 270 g/mol. The molecule has 0 aliphatic carbocycles. The molecule has 0 fully saturated rings. The number of nitrogens with one attached hydrogen (secondary N) is 1. The average molecular weight is 293 g/mol. The van der Waals surface area contributed by atoms with Crippen LogP contribution in [0.4, 0.5) is 0 Å². The third kappa shape index (κ3) is 5.10. The second-order valence-electron chi connectivity index (χ2n) is 5.68. The Morgan fingerprint density at radius 2 is 1.86 bits per heavy atom. The molecular formula is C16H23NO4. The summed E-state index contributed by atoms with van der Waals surface area (Å²) >= 11 is 0. The first-order valence-electron chi connectivity index (χ1n) is 7.01. The van der Waals surface area contributed by atoms with E-state index in [0.717, 1.165) is 6.42 Å². The predicted molar refractivity (Wildman–Crippen MR) is 80.5 cm³/mol. The zero-order valence-electron chi connectivity index (χ0n) is 13.0. The third-order valence-electron chi connectivity index (χ3n) is 3.64. The quantitative estimate of drug-likeness (QED) is 0.809. The van der Waals surface area contributed by atoms with Crippen LogP contribution in [0.15, 0.2) is 24.3 Å². The molecule has 0 bridgehead atoms. The normalized spacial score (nSPS) is 12.6. The molecule has 0 aromatic heterocycles. The number of rotatable bonds is 7. The van der Waals surface area contributed by atoms with E-state index in [9.17, 15) is 9.59 Å². The smallest absolute Gasteiger partial charge is 0.325 e. The number of hydrogen-bond acceptors (Lipinski definition) is 3. The predicted octanol–water partition coefficient (Wildman–Crippen LogP) is 2.34. The summed E-state index contributed by atoms with van der Waals surface area (Å²) in [5.74, 6) is -0.943. The molecule has 0 heterocycles. The first kappa shape index (κ1) is 17.0. The van der Waals surface area contributed by atoms with E-state index in [1.165, 1.54) is 12.5 Å². The van der Waals surface area contributed by atoms with E-state index in [0.29, 0.717) is 5.75 Å². The second kappa shape index (κ2) is 7.11. The summed E-state index contributed by atoms with van der Waals surface area (Å²) < 4.78 is 5.34. The molecule has 0 aliphatic heterocycles. The van der Waals surface area contributed by atoms with Crippen molar-refractivity contribution >= 4 is 11.9 Å². The second-order valence-corrected chi connectivity index (χ2v) is 5.68. The third-order valence-corrected chi connectivity index (χ3v) is 3.64. The molecule has 2 N–H and O–H groups in total. The summed E-state index contributed by atoms with van der Waals surface area (Å²) in [6.07, 6.45) is 1.03. The molecule has 5 heteroatoms. The minimum absolute atomic E-state index is 0.104. The average Bonchev–Trinajstić information content (AvgIpc) is 2.45. The number of carbonyl (C=O) groups is 2. The van der Waals surface area contributed by atoms with Gasteiger partial charge in [-0.05, 0) is 36.5 Å². The molecule has 1 aromatic rings. The van der Waals surface area contributed by atoms with Crippen molar-refractivity contribution < 1.29 is 19.4 Å². The molecule has 0 saturated heterocycles. The molecule has 1 aromatic carbocycles. The fourth-order valence-corrected chi connectivity index (χ4v) is 1.70. The Kier molecular flexibility index (Phi) is 5.76. The van der Waals surface area contributed by atoms with Gasteiger partial charge in [0, 0.05) is 0 Å². The number of carboxylic acids is 1. The van der Waals surface area contributed by atoms with Crippen LogP contribution in [0.25, 0.3) is 0 Å². The Morgan fingerprint density at radius 3 is 2.33 bits per heavy atom. The fourth-order valence-electron chi connectivity index (χ4n) is 1.70. The van der Waals surface area contributed by atoms with Gasteiger partial charge in [0.25, 0.3) is 5.91 Å². The highest BCUT2D eigenvalue weighted by Gasteiger charge is 2.18. The minimum Gasteiger partial charge on any atom is -0.484 e. The van der Waals surface area contributed by atoms with Crippen molar-refractivity contribution in [2.45, 2.75) is 45.6 Å². The van der Waals surface area contributed by atoms with Gasteiger partial charge >= 0.3 is 5.97 Å². The maximum absolute atomic E-state index is 11.5. The molecule has 0 unspecified atom stereocenters. The molecule has 0 aliphatic rings. The van der Waals surface area contributed by atoms with Gasteiger partial charge in [-0.1, -0.05) is 32.9 Å². The maximum Gasteiger partial charge on any atom is 0.325 e. The minimum atomic E-state index is -1.07. The van der Waals surface area contributed by atoms with Gasteiger partial charge in [-0.25, -0.2) is 0 Å². The van der Waals surface area contributed by atoms with Gasteiger partial charge in [0.2, 0.25) is 0 Å². The Balaban J connectivity index is 2.53. The highest BCUT2D eigenvalue weighted by Crippen LogP contribution is 2.27. The highest BCUT2D eigenvalue weighted by atomic mass is 16.5. The maximum atomic E-state index is 11.5. The molecule has 1 rings (SSSR count). The van der Waals surface area contributed by atoms with E-state index in [-0.39, 0.29) is 12.0 Å². The first-order valence-corrected chi connectivity index (χ1v) is 7.01. The Hall–Kier alpha value is -2.04. The van der Waals surface area contributed by atoms with Gasteiger partial charge in [-0.15, -0.1) is 0 Å². The van der Waals surface area contributed by atoms with Crippen LogP contribution < -0.4 is 10.1 Å². The fraction of sp³-hybridized carbons (Fsp3) is 0.500. The molecule has 116 valence electrons. The van der Waals surface area contributed by atoms with Crippen molar-refractivity contribution in [3.8, 4) is 5.75 Å². The Morgan fingerprint density at radius 1 is 1.29 bits per heavy atom. The van der Waals surface area contributed by atoms with Crippen LogP contribution in [-0.2, 0) is 15.0 Å². The molecule has 0 saturated carbocycles. The van der Waals surface area contributed by atoms with E-state index < -0.39 is 17.9 Å². The molecule has 0 radical (unpaired) electrons. The summed E-state index contributed by atoms with van der Waals surface area (Å²) in [7, 11) is 0. The number of aliphatic carboxylic acids is 1. The van der Waals surface area contributed by atoms with Crippen LogP contribution >= 0.6 is 0 Å². The lowest BCUT2D eigenvalue weighted by Gasteiger charge is -2.23. The van der Waals surface area contributed by atoms with E-state index >= 15 is 0 Å². The zero-order chi connectivity index (χ0) is 16.0. The monoisotopic (exact) mass is 293 g/mol. The summed E-state index contributed by atoms with van der Waals surface area (Å²) in [6, 6.07) is 6.68. The van der Waals surface area contributed by atoms with Crippen LogP contribution in [0, 0.1) is 0 Å². The number of benzene rings is 1. The van der Waals surface area contributed by atoms with Gasteiger partial charge in [0.15, 0.2) is 6.61 Å². The van der Waals surface area contributed by atoms with Crippen LogP contribution in [0.2, 0.25) is 0 Å². The van der Waals surface area contributed by atoms with Gasteiger partial charge < -0.3 is 15.2 Å². The first-order chi connectivity index (χ1) is 9.76. The van der Waals surface area contributed by atoms with Crippen LogP contribution in [0.5, 0.6) is 5.75 Å². The Bertz CT molecular complexity index is 494. The lowest BCUT2D eigenvalue weighted by atomic mass is 9.82. The van der Waals surface area contributed by atoms with E-state index in [1.54, 1.807) is 0 Å². The summed E-state index contributed by atoms with van der Waals surface area (Å²) in [5, 5.41) is 11.0. The summed E-state index contributed by atoms with van der Waals surface area (Å²) in [5.41, 5.74) is 1.31. The van der Waals surface area contributed by atoms with E-state index in [4.69, 9.17) is 9.84 Å². The van der Waals surface area contributed by atoms with Crippen molar-refractivity contribution in [2.75, 3.05) is 6.61 Å². The van der Waals surface area contributed by atoms with Crippen LogP contribution in [0.3, 0.4) is 0 Å². The summed E-state index contributed by atoms with van der Waals surface area (Å²) in [4.78, 5) is 22.1. The number of carboxylic acid groups (broad SMARTS) is 1. The summed E-state index contributed by atoms with van der Waals surface area (Å²) in [6.45, 7) is 7.68. The van der Waals surface area contributed by atoms with Crippen molar-refractivity contribution in [2.24, 2.45) is 0 Å². The lowest BCUT2D eigenvalue weighted by molar-refractivity contribution is -0.141.